The fourth-order valence-corrected chi connectivity index (χ4v) is 2.55. The summed E-state index contributed by atoms with van der Waals surface area (Å²) in [4.78, 5) is 12.0. The van der Waals surface area contributed by atoms with Crippen LogP contribution in [-0.2, 0) is 23.0 Å². The molecular weight excluding hydrogens is 252 g/mol. The molecule has 1 aliphatic rings. The van der Waals surface area contributed by atoms with Crippen LogP contribution in [0.4, 0.5) is 0 Å². The molecule has 0 atom stereocenters. The first-order chi connectivity index (χ1) is 8.53. The Morgan fingerprint density at radius 2 is 2.22 bits per heavy atom. The highest BCUT2D eigenvalue weighted by molar-refractivity contribution is 7.90. The van der Waals surface area contributed by atoms with E-state index in [-0.39, 0.29) is 5.75 Å². The molecule has 1 aliphatic heterocycles. The maximum absolute atomic E-state index is 12.0. The van der Waals surface area contributed by atoms with Crippen LogP contribution in [0, 0.1) is 0 Å². The Hall–Kier alpha value is -1.40. The first kappa shape index (κ1) is 13.0. The van der Waals surface area contributed by atoms with E-state index < -0.39 is 15.9 Å². The van der Waals surface area contributed by atoms with Gasteiger partial charge in [-0.3, -0.25) is 4.79 Å². The molecule has 0 unspecified atom stereocenters. The molecule has 0 aromatic heterocycles. The topological polar surface area (TPSA) is 75.3 Å². The quantitative estimate of drug-likeness (QED) is 0.832. The third kappa shape index (κ3) is 2.70. The normalized spacial score (nSPS) is 14.9. The Balaban J connectivity index is 2.31. The highest BCUT2D eigenvalue weighted by atomic mass is 32.2. The number of hydrogen-bond donors (Lipinski definition) is 2. The Bertz CT molecular complexity index is 567. The Morgan fingerprint density at radius 1 is 1.44 bits per heavy atom. The summed E-state index contributed by atoms with van der Waals surface area (Å²) in [5, 5.41) is 3.22. The lowest BCUT2D eigenvalue weighted by molar-refractivity contribution is 0.0980. The van der Waals surface area contributed by atoms with Gasteiger partial charge in [-0.2, -0.15) is 0 Å². The van der Waals surface area contributed by atoms with E-state index in [4.69, 9.17) is 0 Å². The summed E-state index contributed by atoms with van der Waals surface area (Å²) >= 11 is 0. The van der Waals surface area contributed by atoms with Gasteiger partial charge in [0.25, 0.3) is 5.91 Å². The van der Waals surface area contributed by atoms with Gasteiger partial charge >= 0.3 is 0 Å². The molecule has 1 aromatic carbocycles. The van der Waals surface area contributed by atoms with E-state index >= 15 is 0 Å². The first-order valence-electron chi connectivity index (χ1n) is 5.90. The van der Waals surface area contributed by atoms with Crippen molar-refractivity contribution in [1.82, 2.24) is 10.0 Å². The van der Waals surface area contributed by atoms with Crippen molar-refractivity contribution >= 4 is 15.9 Å². The molecule has 0 bridgehead atoms. The standard InChI is InChI=1S/C12H16N2O3S/c1-2-18(16,17)14-12(15)11-5-3-4-9-8-13-7-6-10(9)11/h3-5,13H,2,6-8H2,1H3,(H,14,15). The molecule has 18 heavy (non-hydrogen) atoms. The lowest BCUT2D eigenvalue weighted by Gasteiger charge is -2.19. The molecule has 98 valence electrons. The van der Waals surface area contributed by atoms with Gasteiger partial charge in [-0.15, -0.1) is 0 Å². The van der Waals surface area contributed by atoms with Crippen LogP contribution in [-0.4, -0.2) is 26.6 Å². The number of hydrogen-bond acceptors (Lipinski definition) is 4. The molecule has 0 saturated heterocycles. The van der Waals surface area contributed by atoms with Gasteiger partial charge in [0, 0.05) is 12.1 Å². The average molecular weight is 268 g/mol. The largest absolute Gasteiger partial charge is 0.312 e. The molecule has 0 spiro atoms. The van der Waals surface area contributed by atoms with Crippen LogP contribution in [0.5, 0.6) is 0 Å². The van der Waals surface area contributed by atoms with Crippen LogP contribution >= 0.6 is 0 Å². The number of carbonyl (C=O) groups excluding carboxylic acids is 1. The minimum Gasteiger partial charge on any atom is -0.312 e. The predicted octanol–water partition coefficient (Wildman–Crippen LogP) is 0.412. The third-order valence-corrected chi connectivity index (χ3v) is 4.27. The summed E-state index contributed by atoms with van der Waals surface area (Å²) in [6.07, 6.45) is 0.741. The molecule has 1 amide bonds. The molecule has 0 saturated carbocycles. The first-order valence-corrected chi connectivity index (χ1v) is 7.55. The predicted molar refractivity (Wildman–Crippen MR) is 68.8 cm³/mol. The third-order valence-electron chi connectivity index (χ3n) is 3.01. The molecule has 6 heteroatoms. The van der Waals surface area contributed by atoms with Crippen molar-refractivity contribution in [2.75, 3.05) is 12.3 Å². The molecule has 2 rings (SSSR count). The van der Waals surface area contributed by atoms with Gasteiger partial charge in [0.15, 0.2) is 0 Å². The molecule has 1 heterocycles. The number of sulfonamides is 1. The van der Waals surface area contributed by atoms with Crippen molar-refractivity contribution in [1.29, 1.82) is 0 Å². The number of carbonyl (C=O) groups is 1. The van der Waals surface area contributed by atoms with E-state index in [9.17, 15) is 13.2 Å². The zero-order valence-electron chi connectivity index (χ0n) is 10.2. The summed E-state index contributed by atoms with van der Waals surface area (Å²) in [6, 6.07) is 5.40. The van der Waals surface area contributed by atoms with Crippen molar-refractivity contribution in [2.24, 2.45) is 0 Å². The Morgan fingerprint density at radius 3 is 2.94 bits per heavy atom. The number of benzene rings is 1. The summed E-state index contributed by atoms with van der Waals surface area (Å²) in [6.45, 7) is 3.02. The fourth-order valence-electron chi connectivity index (χ4n) is 2.01. The summed E-state index contributed by atoms with van der Waals surface area (Å²) in [5.74, 6) is -0.634. The Kier molecular flexibility index (Phi) is 3.68. The molecule has 0 radical (unpaired) electrons. The average Bonchev–Trinajstić information content (AvgIpc) is 2.37. The second kappa shape index (κ2) is 5.07. The highest BCUT2D eigenvalue weighted by Crippen LogP contribution is 2.18. The van der Waals surface area contributed by atoms with E-state index in [2.05, 4.69) is 10.0 Å². The molecule has 1 aromatic rings. The van der Waals surface area contributed by atoms with E-state index in [1.165, 1.54) is 6.92 Å². The van der Waals surface area contributed by atoms with E-state index in [0.717, 1.165) is 30.6 Å². The second-order valence-corrected chi connectivity index (χ2v) is 6.22. The van der Waals surface area contributed by atoms with Crippen molar-refractivity contribution in [2.45, 2.75) is 19.9 Å². The molecular formula is C12H16N2O3S. The SMILES string of the molecule is CCS(=O)(=O)NC(=O)c1cccc2c1CCNC2. The van der Waals surface area contributed by atoms with Gasteiger partial charge in [0.2, 0.25) is 10.0 Å². The van der Waals surface area contributed by atoms with Crippen molar-refractivity contribution in [3.8, 4) is 0 Å². The molecule has 5 nitrogen and oxygen atoms in total. The molecule has 0 aliphatic carbocycles. The van der Waals surface area contributed by atoms with Gasteiger partial charge in [0.1, 0.15) is 0 Å². The van der Waals surface area contributed by atoms with Crippen LogP contribution in [0.1, 0.15) is 28.4 Å². The maximum atomic E-state index is 12.0. The number of fused-ring (bicyclic) bond motifs is 1. The second-order valence-electron chi connectivity index (χ2n) is 4.20. The zero-order valence-corrected chi connectivity index (χ0v) is 11.0. The van der Waals surface area contributed by atoms with E-state index in [1.54, 1.807) is 12.1 Å². The van der Waals surface area contributed by atoms with Gasteiger partial charge in [0.05, 0.1) is 5.75 Å². The summed E-state index contributed by atoms with van der Waals surface area (Å²) in [5.41, 5.74) is 2.47. The van der Waals surface area contributed by atoms with Crippen LogP contribution in [0.25, 0.3) is 0 Å². The lowest BCUT2D eigenvalue weighted by atomic mass is 9.95. The smallest absolute Gasteiger partial charge is 0.265 e. The van der Waals surface area contributed by atoms with Gasteiger partial charge in [-0.1, -0.05) is 12.1 Å². The van der Waals surface area contributed by atoms with E-state index in [0.29, 0.717) is 5.56 Å². The van der Waals surface area contributed by atoms with Gasteiger partial charge < -0.3 is 5.32 Å². The number of amides is 1. The molecule has 0 fully saturated rings. The number of nitrogens with one attached hydrogen (secondary N) is 2. The lowest BCUT2D eigenvalue weighted by Crippen LogP contribution is -2.34. The van der Waals surface area contributed by atoms with Crippen LogP contribution in [0.3, 0.4) is 0 Å². The fraction of sp³-hybridized carbons (Fsp3) is 0.417. The van der Waals surface area contributed by atoms with Crippen molar-refractivity contribution in [3.05, 3.63) is 34.9 Å². The minimum atomic E-state index is -3.51. The van der Waals surface area contributed by atoms with Gasteiger partial charge in [-0.05, 0) is 37.1 Å². The van der Waals surface area contributed by atoms with E-state index in [1.807, 2.05) is 6.07 Å². The van der Waals surface area contributed by atoms with Gasteiger partial charge in [-0.25, -0.2) is 13.1 Å². The van der Waals surface area contributed by atoms with Crippen molar-refractivity contribution < 1.29 is 13.2 Å². The minimum absolute atomic E-state index is 0.102. The highest BCUT2D eigenvalue weighted by Gasteiger charge is 2.20. The number of rotatable bonds is 3. The Labute approximate surface area is 107 Å². The maximum Gasteiger partial charge on any atom is 0.265 e. The summed E-state index contributed by atoms with van der Waals surface area (Å²) < 4.78 is 24.9. The van der Waals surface area contributed by atoms with Crippen LogP contribution in [0.2, 0.25) is 0 Å². The van der Waals surface area contributed by atoms with Crippen LogP contribution < -0.4 is 10.0 Å². The monoisotopic (exact) mass is 268 g/mol. The zero-order chi connectivity index (χ0) is 13.2. The van der Waals surface area contributed by atoms with Crippen LogP contribution in [0.15, 0.2) is 18.2 Å². The van der Waals surface area contributed by atoms with Crippen molar-refractivity contribution in [3.63, 3.8) is 0 Å². The summed E-state index contributed by atoms with van der Waals surface area (Å²) in [7, 11) is -3.51. The molecule has 2 N–H and O–H groups in total.